The monoisotopic (exact) mass is 775 g/mol. The minimum atomic E-state index is -0.766. The van der Waals surface area contributed by atoms with Crippen LogP contribution in [0, 0.1) is 5.92 Å². The van der Waals surface area contributed by atoms with Gasteiger partial charge in [0.1, 0.15) is 17.2 Å². The van der Waals surface area contributed by atoms with Crippen LogP contribution in [0.15, 0.2) is 78.9 Å². The van der Waals surface area contributed by atoms with Crippen LogP contribution < -0.4 is 15.0 Å². The summed E-state index contributed by atoms with van der Waals surface area (Å²) in [5, 5.41) is 12.6. The highest BCUT2D eigenvalue weighted by Gasteiger charge is 2.27. The van der Waals surface area contributed by atoms with E-state index in [1.165, 1.54) is 16.9 Å². The number of rotatable bonds is 13. The molecular weight excluding hydrogens is 727 g/mol. The summed E-state index contributed by atoms with van der Waals surface area (Å²) in [6.45, 7) is 8.95. The number of para-hydroxylation sites is 1. The Bertz CT molecular complexity index is 2160. The van der Waals surface area contributed by atoms with Gasteiger partial charge in [0.2, 0.25) is 0 Å². The second-order valence-electron chi connectivity index (χ2n) is 15.6. The smallest absolute Gasteiger partial charge is 0.357 e. The summed E-state index contributed by atoms with van der Waals surface area (Å²) in [4.78, 5) is 51.8. The second-order valence-corrected chi connectivity index (χ2v) is 16.7. The SMILES string of the molecule is CC(C)(C)OC(=O)c1nc(N2CCc3cccc(C(=O)Nc4nc5ccccc5s4)c3C2)ccc1CCCOc1ccc(CC2CCN(CC(=O)O)CC2)cc1. The van der Waals surface area contributed by atoms with Gasteiger partial charge in [0.15, 0.2) is 10.8 Å². The van der Waals surface area contributed by atoms with Crippen molar-refractivity contribution in [2.45, 2.75) is 71.4 Å². The molecule has 0 radical (unpaired) electrons. The first-order chi connectivity index (χ1) is 27.0. The zero-order valence-corrected chi connectivity index (χ0v) is 33.1. The predicted octanol–water partition coefficient (Wildman–Crippen LogP) is 7.81. The average molecular weight is 776 g/mol. The summed E-state index contributed by atoms with van der Waals surface area (Å²) in [6, 6.07) is 25.8. The highest BCUT2D eigenvalue weighted by Crippen LogP contribution is 2.30. The van der Waals surface area contributed by atoms with Gasteiger partial charge >= 0.3 is 11.9 Å². The maximum absolute atomic E-state index is 13.6. The van der Waals surface area contributed by atoms with Crippen LogP contribution in [-0.4, -0.2) is 76.2 Å². The van der Waals surface area contributed by atoms with Crippen LogP contribution >= 0.6 is 11.3 Å². The number of aromatic nitrogens is 2. The van der Waals surface area contributed by atoms with Crippen LogP contribution in [0.25, 0.3) is 10.2 Å². The zero-order chi connectivity index (χ0) is 39.2. The molecule has 0 saturated carbocycles. The molecule has 2 aliphatic rings. The number of fused-ring (bicyclic) bond motifs is 2. The van der Waals surface area contributed by atoms with E-state index in [0.717, 1.165) is 71.4 Å². The van der Waals surface area contributed by atoms with Crippen molar-refractivity contribution in [3.63, 3.8) is 0 Å². The van der Waals surface area contributed by atoms with E-state index in [0.29, 0.717) is 60.7 Å². The number of amides is 1. The summed E-state index contributed by atoms with van der Waals surface area (Å²) in [5.74, 6) is 0.569. The number of aliphatic carboxylic acids is 1. The summed E-state index contributed by atoms with van der Waals surface area (Å²) < 4.78 is 12.9. The minimum absolute atomic E-state index is 0.119. The number of nitrogens with zero attached hydrogens (tertiary/aromatic N) is 4. The second kappa shape index (κ2) is 17.2. The quantitative estimate of drug-likeness (QED) is 0.0901. The number of carbonyl (C=O) groups excluding carboxylic acids is 2. The molecule has 12 heteroatoms. The molecule has 0 unspecified atom stereocenters. The van der Waals surface area contributed by atoms with Crippen molar-refractivity contribution >= 4 is 50.3 Å². The van der Waals surface area contributed by atoms with Crippen LogP contribution in [-0.2, 0) is 35.3 Å². The summed E-state index contributed by atoms with van der Waals surface area (Å²) in [5.41, 5.74) is 5.16. The Hall–Kier alpha value is -5.33. The average Bonchev–Trinajstić information content (AvgIpc) is 3.59. The van der Waals surface area contributed by atoms with Crippen molar-refractivity contribution in [1.29, 1.82) is 0 Å². The fourth-order valence-electron chi connectivity index (χ4n) is 7.49. The molecule has 4 heterocycles. The fraction of sp³-hybridized carbons (Fsp3) is 0.386. The number of aryl methyl sites for hydroxylation is 1. The highest BCUT2D eigenvalue weighted by molar-refractivity contribution is 7.22. The Morgan fingerprint density at radius 2 is 1.71 bits per heavy atom. The molecule has 1 saturated heterocycles. The molecule has 2 aromatic heterocycles. The number of carboxylic acids is 1. The summed E-state index contributed by atoms with van der Waals surface area (Å²) >= 11 is 1.45. The zero-order valence-electron chi connectivity index (χ0n) is 32.3. The third-order valence-corrected chi connectivity index (χ3v) is 11.2. The Morgan fingerprint density at radius 1 is 0.929 bits per heavy atom. The molecule has 0 bridgehead atoms. The molecule has 3 aromatic carbocycles. The molecule has 56 heavy (non-hydrogen) atoms. The van der Waals surface area contributed by atoms with Gasteiger partial charge in [0.25, 0.3) is 5.91 Å². The molecule has 5 aromatic rings. The van der Waals surface area contributed by atoms with Crippen molar-refractivity contribution in [1.82, 2.24) is 14.9 Å². The van der Waals surface area contributed by atoms with Crippen molar-refractivity contribution in [3.8, 4) is 5.75 Å². The number of piperidine rings is 1. The van der Waals surface area contributed by atoms with Crippen molar-refractivity contribution in [3.05, 3.63) is 112 Å². The number of hydrogen-bond acceptors (Lipinski definition) is 10. The minimum Gasteiger partial charge on any atom is -0.494 e. The third-order valence-electron chi connectivity index (χ3n) is 10.3. The van der Waals surface area contributed by atoms with Gasteiger partial charge < -0.3 is 19.5 Å². The van der Waals surface area contributed by atoms with Crippen molar-refractivity contribution < 1.29 is 29.0 Å². The lowest BCUT2D eigenvalue weighted by molar-refractivity contribution is -0.138. The molecule has 0 aliphatic carbocycles. The van der Waals surface area contributed by atoms with E-state index in [1.807, 2.05) is 86.3 Å². The van der Waals surface area contributed by atoms with Crippen molar-refractivity contribution in [2.75, 3.05) is 43.0 Å². The summed E-state index contributed by atoms with van der Waals surface area (Å²) in [6.07, 6.45) is 4.98. The largest absolute Gasteiger partial charge is 0.494 e. The first-order valence-corrected chi connectivity index (χ1v) is 20.2. The van der Waals surface area contributed by atoms with Gasteiger partial charge in [-0.25, -0.2) is 14.8 Å². The van der Waals surface area contributed by atoms with E-state index in [9.17, 15) is 14.4 Å². The Kier molecular flexibility index (Phi) is 12.0. The van der Waals surface area contributed by atoms with Crippen LogP contribution in [0.4, 0.5) is 10.9 Å². The fourth-order valence-corrected chi connectivity index (χ4v) is 8.35. The lowest BCUT2D eigenvalue weighted by Crippen LogP contribution is -2.37. The molecule has 2 N–H and O–H groups in total. The number of benzene rings is 3. The van der Waals surface area contributed by atoms with Gasteiger partial charge in [-0.3, -0.25) is 19.8 Å². The highest BCUT2D eigenvalue weighted by atomic mass is 32.1. The molecule has 292 valence electrons. The number of carbonyl (C=O) groups is 3. The molecule has 1 fully saturated rings. The number of thiazole rings is 1. The molecule has 7 rings (SSSR count). The topological polar surface area (TPSA) is 134 Å². The van der Waals surface area contributed by atoms with E-state index in [1.54, 1.807) is 0 Å². The number of esters is 1. The number of pyridine rings is 1. The van der Waals surface area contributed by atoms with E-state index in [-0.39, 0.29) is 12.5 Å². The number of carboxylic acid groups (broad SMARTS) is 1. The lowest BCUT2D eigenvalue weighted by atomic mass is 9.90. The van der Waals surface area contributed by atoms with Gasteiger partial charge in [-0.1, -0.05) is 53.8 Å². The number of hydrogen-bond donors (Lipinski definition) is 2. The van der Waals surface area contributed by atoms with E-state index < -0.39 is 17.5 Å². The first kappa shape index (κ1) is 38.9. The number of ether oxygens (including phenoxy) is 2. The molecule has 2 aliphatic heterocycles. The number of nitrogens with one attached hydrogen (secondary N) is 1. The molecular formula is C44H49N5O6S. The van der Waals surface area contributed by atoms with Gasteiger partial charge in [-0.15, -0.1) is 0 Å². The van der Waals surface area contributed by atoms with E-state index in [4.69, 9.17) is 19.6 Å². The van der Waals surface area contributed by atoms with E-state index in [2.05, 4.69) is 33.4 Å². The van der Waals surface area contributed by atoms with Crippen LogP contribution in [0.2, 0.25) is 0 Å². The molecule has 0 atom stereocenters. The number of likely N-dealkylation sites (tertiary alicyclic amines) is 1. The Balaban J connectivity index is 0.981. The molecule has 11 nitrogen and oxygen atoms in total. The number of anilines is 2. The third kappa shape index (κ3) is 9.90. The van der Waals surface area contributed by atoms with Gasteiger partial charge in [-0.2, -0.15) is 0 Å². The maximum atomic E-state index is 13.6. The van der Waals surface area contributed by atoms with Crippen LogP contribution in [0.1, 0.15) is 83.1 Å². The maximum Gasteiger partial charge on any atom is 0.357 e. The molecule has 1 amide bonds. The normalized spacial score (nSPS) is 15.0. The Labute approximate surface area is 331 Å². The summed E-state index contributed by atoms with van der Waals surface area (Å²) in [7, 11) is 0. The lowest BCUT2D eigenvalue weighted by Gasteiger charge is -2.31. The first-order valence-electron chi connectivity index (χ1n) is 19.4. The van der Waals surface area contributed by atoms with Gasteiger partial charge in [0.05, 0.1) is 23.4 Å². The van der Waals surface area contributed by atoms with E-state index >= 15 is 0 Å². The van der Waals surface area contributed by atoms with Gasteiger partial charge in [0, 0.05) is 18.7 Å². The standard InChI is InChI=1S/C44H49N5O6S/c1-44(2,3)55-42(53)40-32(9-7-25-54-33-16-13-29(14-17-33)26-30-19-22-48(23-20-30)28-39(50)51)15-18-38(46-40)49-24-21-31-8-6-10-34(35(31)27-49)41(52)47-43-45-36-11-4-5-12-37(36)56-43/h4-6,8,10-18,30H,7,9,19-28H2,1-3H3,(H,50,51)(H,45,47,52). The van der Waals surface area contributed by atoms with Gasteiger partial charge in [-0.05, 0) is 137 Å². The van der Waals surface area contributed by atoms with Crippen LogP contribution in [0.3, 0.4) is 0 Å². The van der Waals surface area contributed by atoms with Crippen LogP contribution in [0.5, 0.6) is 5.75 Å². The Morgan fingerprint density at radius 3 is 2.46 bits per heavy atom. The van der Waals surface area contributed by atoms with Crippen molar-refractivity contribution in [2.24, 2.45) is 5.92 Å². The molecule has 0 spiro atoms. The predicted molar refractivity (Wildman–Crippen MR) is 219 cm³/mol.